The van der Waals surface area contributed by atoms with Crippen molar-refractivity contribution in [3.05, 3.63) is 34.9 Å². The molecule has 0 atom stereocenters. The standard InChI is InChI=1S/C9H8N2O2/c1-13-6-4-7-8(11-5-6)2-3-10-9(7)12/h2-5H,1H3,(H,10,12). The van der Waals surface area contributed by atoms with E-state index in [9.17, 15) is 4.79 Å². The van der Waals surface area contributed by atoms with Crippen LogP contribution in [0.3, 0.4) is 0 Å². The first-order valence-corrected chi connectivity index (χ1v) is 3.83. The predicted molar refractivity (Wildman–Crippen MR) is 48.9 cm³/mol. The fraction of sp³-hybridized carbons (Fsp3) is 0.111. The number of ether oxygens (including phenoxy) is 1. The number of fused-ring (bicyclic) bond motifs is 1. The minimum Gasteiger partial charge on any atom is -0.495 e. The molecule has 2 aromatic rings. The number of hydrogen-bond acceptors (Lipinski definition) is 3. The quantitative estimate of drug-likeness (QED) is 0.703. The molecule has 0 spiro atoms. The monoisotopic (exact) mass is 176 g/mol. The minimum atomic E-state index is -0.149. The van der Waals surface area contributed by atoms with Gasteiger partial charge in [-0.3, -0.25) is 9.78 Å². The molecule has 1 N–H and O–H groups in total. The number of hydrogen-bond donors (Lipinski definition) is 1. The molecule has 0 aliphatic carbocycles. The number of aromatic nitrogens is 2. The average molecular weight is 176 g/mol. The molecule has 2 rings (SSSR count). The smallest absolute Gasteiger partial charge is 0.257 e. The summed E-state index contributed by atoms with van der Waals surface area (Å²) in [5.74, 6) is 0.587. The number of pyridine rings is 2. The highest BCUT2D eigenvalue weighted by Gasteiger charge is 2.00. The van der Waals surface area contributed by atoms with E-state index in [4.69, 9.17) is 4.74 Å². The first-order valence-electron chi connectivity index (χ1n) is 3.83. The fourth-order valence-corrected chi connectivity index (χ4v) is 1.16. The van der Waals surface area contributed by atoms with Crippen molar-refractivity contribution >= 4 is 10.9 Å². The molecule has 66 valence electrons. The third-order valence-electron chi connectivity index (χ3n) is 1.83. The zero-order valence-corrected chi connectivity index (χ0v) is 7.07. The Morgan fingerprint density at radius 3 is 3.15 bits per heavy atom. The van der Waals surface area contributed by atoms with Crippen molar-refractivity contribution in [3.63, 3.8) is 0 Å². The molecule has 0 bridgehead atoms. The Morgan fingerprint density at radius 1 is 1.54 bits per heavy atom. The van der Waals surface area contributed by atoms with E-state index in [1.807, 2.05) is 0 Å². The van der Waals surface area contributed by atoms with Crippen molar-refractivity contribution in [3.8, 4) is 5.75 Å². The molecule has 0 saturated heterocycles. The highest BCUT2D eigenvalue weighted by atomic mass is 16.5. The Hall–Kier alpha value is -1.84. The van der Waals surface area contributed by atoms with Crippen molar-refractivity contribution in [1.82, 2.24) is 9.97 Å². The topological polar surface area (TPSA) is 55.0 Å². The number of methoxy groups -OCH3 is 1. The molecule has 4 heteroatoms. The van der Waals surface area contributed by atoms with Crippen LogP contribution in [0.5, 0.6) is 5.75 Å². The summed E-state index contributed by atoms with van der Waals surface area (Å²) in [5, 5.41) is 0.543. The molecule has 2 aromatic heterocycles. The summed E-state index contributed by atoms with van der Waals surface area (Å²) < 4.78 is 4.96. The first-order chi connectivity index (χ1) is 6.31. The summed E-state index contributed by atoms with van der Waals surface area (Å²) in [5.41, 5.74) is 0.522. The van der Waals surface area contributed by atoms with Crippen LogP contribution in [-0.2, 0) is 0 Å². The fourth-order valence-electron chi connectivity index (χ4n) is 1.16. The molecule has 4 nitrogen and oxygen atoms in total. The van der Waals surface area contributed by atoms with E-state index >= 15 is 0 Å². The lowest BCUT2D eigenvalue weighted by Crippen LogP contribution is -2.05. The van der Waals surface area contributed by atoms with Gasteiger partial charge in [-0.2, -0.15) is 0 Å². The molecular formula is C9H8N2O2. The van der Waals surface area contributed by atoms with Gasteiger partial charge in [-0.15, -0.1) is 0 Å². The Morgan fingerprint density at radius 2 is 2.38 bits per heavy atom. The van der Waals surface area contributed by atoms with E-state index < -0.39 is 0 Å². The molecule has 0 unspecified atom stereocenters. The summed E-state index contributed by atoms with van der Waals surface area (Å²) in [4.78, 5) is 17.9. The number of nitrogens with zero attached hydrogens (tertiary/aromatic N) is 1. The van der Waals surface area contributed by atoms with Crippen molar-refractivity contribution in [1.29, 1.82) is 0 Å². The summed E-state index contributed by atoms with van der Waals surface area (Å²) in [6, 6.07) is 3.41. The van der Waals surface area contributed by atoms with E-state index in [0.717, 1.165) is 0 Å². The molecule has 0 aliphatic rings. The third kappa shape index (κ3) is 1.26. The molecular weight excluding hydrogens is 168 g/mol. The third-order valence-corrected chi connectivity index (χ3v) is 1.83. The zero-order valence-electron chi connectivity index (χ0n) is 7.07. The van der Waals surface area contributed by atoms with Crippen LogP contribution < -0.4 is 10.3 Å². The lowest BCUT2D eigenvalue weighted by atomic mass is 10.2. The van der Waals surface area contributed by atoms with Crippen LogP contribution in [0.4, 0.5) is 0 Å². The highest BCUT2D eigenvalue weighted by Crippen LogP contribution is 2.13. The van der Waals surface area contributed by atoms with Gasteiger partial charge in [0.1, 0.15) is 5.75 Å². The Labute approximate surface area is 74.2 Å². The Kier molecular flexibility index (Phi) is 1.73. The molecule has 0 amide bonds. The Balaban J connectivity index is 2.82. The lowest BCUT2D eigenvalue weighted by molar-refractivity contribution is 0.413. The van der Waals surface area contributed by atoms with E-state index in [1.165, 1.54) is 0 Å². The van der Waals surface area contributed by atoms with Crippen molar-refractivity contribution < 1.29 is 4.74 Å². The summed E-state index contributed by atoms with van der Waals surface area (Å²) in [7, 11) is 1.54. The second-order valence-corrected chi connectivity index (χ2v) is 2.61. The molecule has 0 aromatic carbocycles. The Bertz CT molecular complexity index is 490. The number of aromatic amines is 1. The van der Waals surface area contributed by atoms with Crippen molar-refractivity contribution in [2.24, 2.45) is 0 Å². The van der Waals surface area contributed by atoms with Gasteiger partial charge in [0.15, 0.2) is 0 Å². The van der Waals surface area contributed by atoms with Crippen LogP contribution in [0.2, 0.25) is 0 Å². The summed E-state index contributed by atoms with van der Waals surface area (Å²) >= 11 is 0. The summed E-state index contributed by atoms with van der Waals surface area (Å²) in [6.45, 7) is 0. The van der Waals surface area contributed by atoms with Crippen LogP contribution in [0, 0.1) is 0 Å². The zero-order chi connectivity index (χ0) is 9.26. The van der Waals surface area contributed by atoms with Crippen LogP contribution in [0.25, 0.3) is 10.9 Å². The van der Waals surface area contributed by atoms with E-state index in [2.05, 4.69) is 9.97 Å². The van der Waals surface area contributed by atoms with E-state index in [0.29, 0.717) is 16.7 Å². The van der Waals surface area contributed by atoms with Gasteiger partial charge in [-0.25, -0.2) is 0 Å². The maximum absolute atomic E-state index is 11.3. The maximum atomic E-state index is 11.3. The number of H-pyrrole nitrogens is 1. The van der Waals surface area contributed by atoms with Gasteiger partial charge in [0, 0.05) is 6.20 Å². The van der Waals surface area contributed by atoms with Gasteiger partial charge < -0.3 is 9.72 Å². The highest BCUT2D eigenvalue weighted by molar-refractivity contribution is 5.78. The second kappa shape index (κ2) is 2.90. The van der Waals surface area contributed by atoms with Gasteiger partial charge in [0.2, 0.25) is 0 Å². The molecule has 0 radical (unpaired) electrons. The predicted octanol–water partition coefficient (Wildman–Crippen LogP) is 0.932. The van der Waals surface area contributed by atoms with Crippen molar-refractivity contribution in [2.45, 2.75) is 0 Å². The second-order valence-electron chi connectivity index (χ2n) is 2.61. The van der Waals surface area contributed by atoms with Crippen LogP contribution in [-0.4, -0.2) is 17.1 Å². The van der Waals surface area contributed by atoms with Crippen molar-refractivity contribution in [2.75, 3.05) is 7.11 Å². The normalized spacial score (nSPS) is 10.2. The van der Waals surface area contributed by atoms with Gasteiger partial charge in [0.05, 0.1) is 24.2 Å². The van der Waals surface area contributed by atoms with E-state index in [-0.39, 0.29) is 5.56 Å². The van der Waals surface area contributed by atoms with Crippen LogP contribution >= 0.6 is 0 Å². The molecule has 0 fully saturated rings. The summed E-state index contributed by atoms with van der Waals surface area (Å²) in [6.07, 6.45) is 3.16. The average Bonchev–Trinajstić information content (AvgIpc) is 2.18. The lowest BCUT2D eigenvalue weighted by Gasteiger charge is -1.99. The van der Waals surface area contributed by atoms with Crippen LogP contribution in [0.15, 0.2) is 29.3 Å². The molecule has 0 aliphatic heterocycles. The van der Waals surface area contributed by atoms with Gasteiger partial charge in [-0.05, 0) is 12.1 Å². The van der Waals surface area contributed by atoms with Gasteiger partial charge in [0.25, 0.3) is 5.56 Å². The van der Waals surface area contributed by atoms with E-state index in [1.54, 1.807) is 31.6 Å². The SMILES string of the molecule is COc1cnc2cc[nH]c(=O)c2c1. The molecule has 0 saturated carbocycles. The van der Waals surface area contributed by atoms with Gasteiger partial charge in [-0.1, -0.05) is 0 Å². The minimum absolute atomic E-state index is 0.149. The first kappa shape index (κ1) is 7.79. The number of nitrogens with one attached hydrogen (secondary N) is 1. The largest absolute Gasteiger partial charge is 0.495 e. The number of rotatable bonds is 1. The molecule has 2 heterocycles. The van der Waals surface area contributed by atoms with Gasteiger partial charge >= 0.3 is 0 Å². The molecule has 13 heavy (non-hydrogen) atoms. The van der Waals surface area contributed by atoms with Crippen LogP contribution in [0.1, 0.15) is 0 Å². The maximum Gasteiger partial charge on any atom is 0.257 e.